The minimum absolute atomic E-state index is 0.0676. The van der Waals surface area contributed by atoms with Crippen molar-refractivity contribution in [3.8, 4) is 0 Å². The van der Waals surface area contributed by atoms with E-state index in [1.165, 1.54) is 11.0 Å². The van der Waals surface area contributed by atoms with Crippen molar-refractivity contribution in [1.82, 2.24) is 0 Å². The summed E-state index contributed by atoms with van der Waals surface area (Å²) < 4.78 is 22.2. The lowest BCUT2D eigenvalue weighted by molar-refractivity contribution is -0.385. The maximum absolute atomic E-state index is 12.0. The number of hydrogen-bond acceptors (Lipinski definition) is 5. The maximum atomic E-state index is 12.0. The van der Waals surface area contributed by atoms with E-state index in [0.29, 0.717) is 11.3 Å². The quantitative estimate of drug-likeness (QED) is 0.642. The smallest absolute Gasteiger partial charge is 0.274 e. The third-order valence-electron chi connectivity index (χ3n) is 3.37. The molecular weight excluding hydrogens is 298 g/mol. The number of benzene rings is 1. The lowest BCUT2D eigenvalue weighted by Gasteiger charge is -2.16. The predicted molar refractivity (Wildman–Crippen MR) is 76.3 cm³/mol. The second-order valence-electron chi connectivity index (χ2n) is 5.13. The van der Waals surface area contributed by atoms with Gasteiger partial charge in [0.25, 0.3) is 5.69 Å². The number of hydrogen-bond donors (Lipinski definition) is 1. The van der Waals surface area contributed by atoms with E-state index in [4.69, 9.17) is 5.14 Å². The van der Waals surface area contributed by atoms with Crippen LogP contribution < -0.4 is 10.0 Å². The van der Waals surface area contributed by atoms with Crippen molar-refractivity contribution in [2.75, 3.05) is 17.2 Å². The Morgan fingerprint density at radius 2 is 2.14 bits per heavy atom. The van der Waals surface area contributed by atoms with Crippen LogP contribution in [0.1, 0.15) is 12.0 Å². The second kappa shape index (κ2) is 5.41. The molecule has 1 aliphatic rings. The lowest BCUT2D eigenvalue weighted by atomic mass is 10.1. The Bertz CT molecular complexity index is 701. The average Bonchev–Trinajstić information content (AvgIpc) is 2.68. The molecule has 1 saturated heterocycles. The highest BCUT2D eigenvalue weighted by Crippen LogP contribution is 2.30. The fourth-order valence-corrected chi connectivity index (χ4v) is 3.31. The minimum atomic E-state index is -3.65. The van der Waals surface area contributed by atoms with Gasteiger partial charge in [-0.3, -0.25) is 14.9 Å². The molecule has 1 atom stereocenters. The molecule has 0 aromatic heterocycles. The van der Waals surface area contributed by atoms with E-state index >= 15 is 0 Å². The number of nitro benzene ring substituents is 1. The number of carbonyl (C=O) groups is 1. The van der Waals surface area contributed by atoms with Crippen LogP contribution in [0.5, 0.6) is 0 Å². The number of nitro groups is 1. The Balaban J connectivity index is 2.25. The van der Waals surface area contributed by atoms with Gasteiger partial charge in [0.1, 0.15) is 0 Å². The molecule has 2 N–H and O–H groups in total. The number of sulfonamides is 1. The summed E-state index contributed by atoms with van der Waals surface area (Å²) in [4.78, 5) is 23.7. The summed E-state index contributed by atoms with van der Waals surface area (Å²) in [6.45, 7) is 1.80. The van der Waals surface area contributed by atoms with Gasteiger partial charge in [0.15, 0.2) is 0 Å². The van der Waals surface area contributed by atoms with E-state index < -0.39 is 20.9 Å². The molecule has 0 aliphatic carbocycles. The van der Waals surface area contributed by atoms with Gasteiger partial charge in [-0.1, -0.05) is 6.07 Å². The number of nitrogens with two attached hydrogens (primary N) is 1. The molecule has 114 valence electrons. The highest BCUT2D eigenvalue weighted by atomic mass is 32.2. The monoisotopic (exact) mass is 313 g/mol. The molecule has 0 spiro atoms. The first kappa shape index (κ1) is 15.4. The Labute approximate surface area is 121 Å². The molecule has 2 rings (SSSR count). The van der Waals surface area contributed by atoms with Crippen molar-refractivity contribution in [2.45, 2.75) is 13.3 Å². The third-order valence-corrected chi connectivity index (χ3v) is 4.31. The topological polar surface area (TPSA) is 124 Å². The molecular formula is C12H15N3O5S. The average molecular weight is 313 g/mol. The maximum Gasteiger partial charge on any atom is 0.274 e. The molecule has 1 aromatic carbocycles. The molecule has 1 fully saturated rings. The molecule has 1 unspecified atom stereocenters. The molecule has 9 heteroatoms. The number of nitrogens with zero attached hydrogens (tertiary/aromatic N) is 2. The third kappa shape index (κ3) is 3.56. The van der Waals surface area contributed by atoms with Crippen LogP contribution in [0.2, 0.25) is 0 Å². The molecule has 21 heavy (non-hydrogen) atoms. The number of primary sulfonamides is 1. The zero-order valence-corrected chi connectivity index (χ0v) is 12.2. The summed E-state index contributed by atoms with van der Waals surface area (Å²) in [6.07, 6.45) is 0.0676. The number of anilines is 1. The number of aryl methyl sites for hydroxylation is 1. The van der Waals surface area contributed by atoms with Crippen LogP contribution >= 0.6 is 0 Å². The largest absolute Gasteiger partial charge is 0.312 e. The first-order valence-corrected chi connectivity index (χ1v) is 7.95. The highest BCUT2D eigenvalue weighted by molar-refractivity contribution is 7.89. The summed E-state index contributed by atoms with van der Waals surface area (Å²) in [5, 5.41) is 15.9. The zero-order valence-electron chi connectivity index (χ0n) is 11.4. The van der Waals surface area contributed by atoms with Gasteiger partial charge in [0, 0.05) is 30.5 Å². The van der Waals surface area contributed by atoms with Crippen LogP contribution in [0.4, 0.5) is 11.4 Å². The van der Waals surface area contributed by atoms with Crippen molar-refractivity contribution in [1.29, 1.82) is 0 Å². The Hall–Kier alpha value is -2.00. The van der Waals surface area contributed by atoms with Crippen LogP contribution in [0.3, 0.4) is 0 Å². The lowest BCUT2D eigenvalue weighted by Crippen LogP contribution is -2.27. The van der Waals surface area contributed by atoms with Gasteiger partial charge in [-0.25, -0.2) is 13.6 Å². The van der Waals surface area contributed by atoms with E-state index in [-0.39, 0.29) is 30.3 Å². The summed E-state index contributed by atoms with van der Waals surface area (Å²) in [6, 6.07) is 4.50. The van der Waals surface area contributed by atoms with E-state index in [1.807, 2.05) is 0 Å². The standard InChI is InChI=1S/C12H15N3O5S/c1-8-2-3-10(5-11(8)15(17)18)14-6-9(4-12(14)16)7-21(13,19)20/h2-3,5,9H,4,6-7H2,1H3,(H2,13,19,20). The van der Waals surface area contributed by atoms with Crippen LogP contribution in [0, 0.1) is 23.0 Å². The van der Waals surface area contributed by atoms with Gasteiger partial charge in [0.05, 0.1) is 16.4 Å². The summed E-state index contributed by atoms with van der Waals surface area (Å²) >= 11 is 0. The van der Waals surface area contributed by atoms with Gasteiger partial charge in [-0.2, -0.15) is 0 Å². The number of carbonyl (C=O) groups excluding carboxylic acids is 1. The number of rotatable bonds is 4. The summed E-state index contributed by atoms with van der Waals surface area (Å²) in [5.41, 5.74) is 0.820. The number of amides is 1. The Kier molecular flexibility index (Phi) is 3.97. The highest BCUT2D eigenvalue weighted by Gasteiger charge is 2.33. The Morgan fingerprint density at radius 3 is 2.71 bits per heavy atom. The van der Waals surface area contributed by atoms with Crippen LogP contribution in [0.15, 0.2) is 18.2 Å². The van der Waals surface area contributed by atoms with Crippen molar-refractivity contribution < 1.29 is 18.1 Å². The van der Waals surface area contributed by atoms with Crippen molar-refractivity contribution in [2.24, 2.45) is 11.1 Å². The van der Waals surface area contributed by atoms with Gasteiger partial charge < -0.3 is 4.90 Å². The van der Waals surface area contributed by atoms with Crippen LogP contribution in [-0.4, -0.2) is 31.5 Å². The SMILES string of the molecule is Cc1ccc(N2CC(CS(N)(=O)=O)CC2=O)cc1[N+](=O)[O-]. The van der Waals surface area contributed by atoms with Crippen molar-refractivity contribution in [3.05, 3.63) is 33.9 Å². The van der Waals surface area contributed by atoms with Crippen molar-refractivity contribution >= 4 is 27.3 Å². The summed E-state index contributed by atoms with van der Waals surface area (Å²) in [7, 11) is -3.65. The second-order valence-corrected chi connectivity index (χ2v) is 6.79. The molecule has 1 aromatic rings. The van der Waals surface area contributed by atoms with Crippen LogP contribution in [-0.2, 0) is 14.8 Å². The first-order chi connectivity index (χ1) is 9.67. The minimum Gasteiger partial charge on any atom is -0.312 e. The molecule has 8 nitrogen and oxygen atoms in total. The molecule has 1 aliphatic heterocycles. The van der Waals surface area contributed by atoms with Crippen LogP contribution in [0.25, 0.3) is 0 Å². The molecule has 0 bridgehead atoms. The van der Waals surface area contributed by atoms with E-state index in [2.05, 4.69) is 0 Å². The molecule has 1 amide bonds. The zero-order chi connectivity index (χ0) is 15.8. The van der Waals surface area contributed by atoms with Gasteiger partial charge in [0.2, 0.25) is 15.9 Å². The molecule has 0 saturated carbocycles. The summed E-state index contributed by atoms with van der Waals surface area (Å²) in [5.74, 6) is -0.932. The van der Waals surface area contributed by atoms with E-state index in [9.17, 15) is 23.3 Å². The first-order valence-electron chi connectivity index (χ1n) is 6.23. The van der Waals surface area contributed by atoms with Crippen molar-refractivity contribution in [3.63, 3.8) is 0 Å². The molecule has 0 radical (unpaired) electrons. The Morgan fingerprint density at radius 1 is 1.48 bits per heavy atom. The normalized spacial score (nSPS) is 19.0. The fourth-order valence-electron chi connectivity index (χ4n) is 2.43. The molecule has 1 heterocycles. The fraction of sp³-hybridized carbons (Fsp3) is 0.417. The van der Waals surface area contributed by atoms with Gasteiger partial charge >= 0.3 is 0 Å². The predicted octanol–water partition coefficient (Wildman–Crippen LogP) is 0.545. The van der Waals surface area contributed by atoms with Gasteiger partial charge in [-0.15, -0.1) is 0 Å². The van der Waals surface area contributed by atoms with Gasteiger partial charge in [-0.05, 0) is 13.0 Å². The van der Waals surface area contributed by atoms with E-state index in [0.717, 1.165) is 0 Å². The van der Waals surface area contributed by atoms with E-state index in [1.54, 1.807) is 19.1 Å².